The number of anilines is 1. The standard InChI is InChI=1S/C18H20FN5O2/c1-18(9-25-8-12-5-3-2-4-6-12)7-13(26-10-18)24-11-21-14-15(20)22-17(19)23-16(14)24/h2-6,11,13H,7-10H2,1H3,(H2,20,22,23)/t13-,18-/m1/s1. The lowest BCUT2D eigenvalue weighted by atomic mass is 9.90. The van der Waals surface area contributed by atoms with Gasteiger partial charge in [0, 0.05) is 11.8 Å². The summed E-state index contributed by atoms with van der Waals surface area (Å²) in [7, 11) is 0. The molecule has 7 nitrogen and oxygen atoms in total. The summed E-state index contributed by atoms with van der Waals surface area (Å²) in [4.78, 5) is 11.5. The first-order valence-corrected chi connectivity index (χ1v) is 8.43. The van der Waals surface area contributed by atoms with Crippen molar-refractivity contribution in [3.8, 4) is 0 Å². The van der Waals surface area contributed by atoms with E-state index in [4.69, 9.17) is 15.2 Å². The molecule has 0 aliphatic carbocycles. The molecule has 1 aliphatic rings. The van der Waals surface area contributed by atoms with Crippen molar-refractivity contribution in [3.05, 3.63) is 48.3 Å². The van der Waals surface area contributed by atoms with Crippen molar-refractivity contribution in [1.29, 1.82) is 0 Å². The lowest BCUT2D eigenvalue weighted by Crippen LogP contribution is -2.23. The predicted octanol–water partition coefficient (Wildman–Crippen LogP) is 2.69. The summed E-state index contributed by atoms with van der Waals surface area (Å²) >= 11 is 0. The maximum absolute atomic E-state index is 13.5. The van der Waals surface area contributed by atoms with Crippen molar-refractivity contribution >= 4 is 17.0 Å². The van der Waals surface area contributed by atoms with E-state index in [0.717, 1.165) is 5.56 Å². The fourth-order valence-corrected chi connectivity index (χ4v) is 3.23. The molecule has 1 aliphatic heterocycles. The fraction of sp³-hybridized carbons (Fsp3) is 0.389. The minimum atomic E-state index is -0.872. The first kappa shape index (κ1) is 16.9. The van der Waals surface area contributed by atoms with Gasteiger partial charge in [-0.15, -0.1) is 0 Å². The van der Waals surface area contributed by atoms with Gasteiger partial charge in [0.25, 0.3) is 0 Å². The van der Waals surface area contributed by atoms with Crippen molar-refractivity contribution in [1.82, 2.24) is 19.5 Å². The molecule has 0 radical (unpaired) electrons. The van der Waals surface area contributed by atoms with Gasteiger partial charge in [-0.05, 0) is 5.56 Å². The fourth-order valence-electron chi connectivity index (χ4n) is 3.23. The van der Waals surface area contributed by atoms with Crippen molar-refractivity contribution in [2.75, 3.05) is 18.9 Å². The SMILES string of the molecule is C[C@@]1(COCc2ccccc2)CO[C@@H](n2cnc3c(N)nc(F)nc32)C1. The van der Waals surface area contributed by atoms with Crippen LogP contribution >= 0.6 is 0 Å². The van der Waals surface area contributed by atoms with Crippen LogP contribution in [0.1, 0.15) is 25.1 Å². The van der Waals surface area contributed by atoms with Gasteiger partial charge >= 0.3 is 6.08 Å². The Morgan fingerprint density at radius 3 is 2.96 bits per heavy atom. The third-order valence-electron chi connectivity index (χ3n) is 4.59. The van der Waals surface area contributed by atoms with E-state index in [0.29, 0.717) is 37.4 Å². The van der Waals surface area contributed by atoms with E-state index in [1.165, 1.54) is 0 Å². The summed E-state index contributed by atoms with van der Waals surface area (Å²) in [6.07, 6.45) is 1.11. The van der Waals surface area contributed by atoms with Crippen LogP contribution in [0.4, 0.5) is 10.2 Å². The number of benzene rings is 1. The number of hydrogen-bond donors (Lipinski definition) is 1. The predicted molar refractivity (Wildman–Crippen MR) is 93.5 cm³/mol. The normalized spacial score (nSPS) is 22.9. The highest BCUT2D eigenvalue weighted by atomic mass is 19.1. The molecule has 0 bridgehead atoms. The number of ether oxygens (including phenoxy) is 2. The molecule has 0 amide bonds. The van der Waals surface area contributed by atoms with E-state index in [9.17, 15) is 4.39 Å². The Labute approximate surface area is 150 Å². The Morgan fingerprint density at radius 2 is 2.15 bits per heavy atom. The first-order valence-electron chi connectivity index (χ1n) is 8.43. The Hall–Kier alpha value is -2.58. The van der Waals surface area contributed by atoms with Gasteiger partial charge in [-0.1, -0.05) is 37.3 Å². The Kier molecular flexibility index (Phi) is 4.29. The van der Waals surface area contributed by atoms with Gasteiger partial charge < -0.3 is 15.2 Å². The van der Waals surface area contributed by atoms with Gasteiger partial charge in [-0.25, -0.2) is 4.98 Å². The first-order chi connectivity index (χ1) is 12.5. The van der Waals surface area contributed by atoms with Gasteiger partial charge in [0.2, 0.25) is 0 Å². The Morgan fingerprint density at radius 1 is 1.35 bits per heavy atom. The number of rotatable bonds is 5. The van der Waals surface area contributed by atoms with Gasteiger partial charge in [0.05, 0.1) is 26.1 Å². The van der Waals surface area contributed by atoms with Crippen molar-refractivity contribution in [2.24, 2.45) is 5.41 Å². The van der Waals surface area contributed by atoms with Crippen LogP contribution in [0, 0.1) is 11.5 Å². The van der Waals surface area contributed by atoms with E-state index >= 15 is 0 Å². The molecule has 0 spiro atoms. The highest BCUT2D eigenvalue weighted by Gasteiger charge is 2.38. The van der Waals surface area contributed by atoms with E-state index in [-0.39, 0.29) is 17.5 Å². The van der Waals surface area contributed by atoms with E-state index in [2.05, 4.69) is 21.9 Å². The van der Waals surface area contributed by atoms with Crippen molar-refractivity contribution in [3.63, 3.8) is 0 Å². The number of aromatic nitrogens is 4. The number of hydrogen-bond acceptors (Lipinski definition) is 6. The number of nitrogens with two attached hydrogens (primary N) is 1. The van der Waals surface area contributed by atoms with Gasteiger partial charge in [0.1, 0.15) is 6.23 Å². The van der Waals surface area contributed by atoms with Crippen LogP contribution in [-0.2, 0) is 16.1 Å². The van der Waals surface area contributed by atoms with Gasteiger partial charge in [-0.2, -0.15) is 14.4 Å². The number of nitrogen functional groups attached to an aromatic ring is 1. The van der Waals surface area contributed by atoms with Crippen LogP contribution in [0.3, 0.4) is 0 Å². The molecule has 26 heavy (non-hydrogen) atoms. The highest BCUT2D eigenvalue weighted by molar-refractivity contribution is 5.81. The smallest absolute Gasteiger partial charge is 0.312 e. The summed E-state index contributed by atoms with van der Waals surface area (Å²) < 4.78 is 27.0. The van der Waals surface area contributed by atoms with Crippen LogP contribution in [-0.4, -0.2) is 32.7 Å². The molecule has 1 saturated heterocycles. The summed E-state index contributed by atoms with van der Waals surface area (Å²) in [5.41, 5.74) is 7.42. The van der Waals surface area contributed by atoms with E-state index < -0.39 is 6.08 Å². The van der Waals surface area contributed by atoms with Crippen LogP contribution in [0.15, 0.2) is 36.7 Å². The van der Waals surface area contributed by atoms with Crippen LogP contribution in [0.5, 0.6) is 0 Å². The van der Waals surface area contributed by atoms with Crippen LogP contribution in [0.2, 0.25) is 0 Å². The maximum atomic E-state index is 13.5. The van der Waals surface area contributed by atoms with Crippen LogP contribution in [0.25, 0.3) is 11.2 Å². The Balaban J connectivity index is 1.44. The quantitative estimate of drug-likeness (QED) is 0.707. The van der Waals surface area contributed by atoms with Crippen LogP contribution < -0.4 is 5.73 Å². The maximum Gasteiger partial charge on any atom is 0.312 e. The second-order valence-corrected chi connectivity index (χ2v) is 6.96. The molecule has 1 aromatic carbocycles. The number of nitrogens with zero attached hydrogens (tertiary/aromatic N) is 4. The number of fused-ring (bicyclic) bond motifs is 1. The van der Waals surface area contributed by atoms with Crippen molar-refractivity contribution in [2.45, 2.75) is 26.2 Å². The zero-order valence-electron chi connectivity index (χ0n) is 14.4. The summed E-state index contributed by atoms with van der Waals surface area (Å²) in [6, 6.07) is 10.0. The largest absolute Gasteiger partial charge is 0.382 e. The summed E-state index contributed by atoms with van der Waals surface area (Å²) in [5, 5.41) is 0. The second-order valence-electron chi connectivity index (χ2n) is 6.96. The van der Waals surface area contributed by atoms with E-state index in [1.54, 1.807) is 10.9 Å². The van der Waals surface area contributed by atoms with Gasteiger partial charge in [0.15, 0.2) is 17.0 Å². The average Bonchev–Trinajstić information content (AvgIpc) is 3.20. The lowest BCUT2D eigenvalue weighted by Gasteiger charge is -2.21. The monoisotopic (exact) mass is 357 g/mol. The Bertz CT molecular complexity index is 917. The molecular weight excluding hydrogens is 337 g/mol. The molecule has 2 aromatic heterocycles. The third-order valence-corrected chi connectivity index (χ3v) is 4.59. The molecule has 8 heteroatoms. The topological polar surface area (TPSA) is 88.1 Å². The minimum Gasteiger partial charge on any atom is -0.382 e. The molecule has 0 unspecified atom stereocenters. The lowest BCUT2D eigenvalue weighted by molar-refractivity contribution is 0.0232. The zero-order valence-corrected chi connectivity index (χ0v) is 14.4. The molecular formula is C18H20FN5O2. The molecule has 2 N–H and O–H groups in total. The second kappa shape index (κ2) is 6.62. The molecule has 3 heterocycles. The van der Waals surface area contributed by atoms with Crippen molar-refractivity contribution < 1.29 is 13.9 Å². The molecule has 136 valence electrons. The molecule has 0 saturated carbocycles. The molecule has 4 rings (SSSR count). The third kappa shape index (κ3) is 3.25. The van der Waals surface area contributed by atoms with Gasteiger partial charge in [-0.3, -0.25) is 4.57 Å². The molecule has 2 atom stereocenters. The number of halogens is 1. The zero-order chi connectivity index (χ0) is 18.1. The summed E-state index contributed by atoms with van der Waals surface area (Å²) in [6.45, 7) is 3.77. The highest BCUT2D eigenvalue weighted by Crippen LogP contribution is 2.39. The molecule has 1 fully saturated rings. The molecule has 3 aromatic rings. The van der Waals surface area contributed by atoms with E-state index in [1.807, 2.05) is 30.3 Å². The number of imidazole rings is 1. The average molecular weight is 357 g/mol. The minimum absolute atomic E-state index is 0.0261. The summed E-state index contributed by atoms with van der Waals surface area (Å²) in [5.74, 6) is 0.0261.